The first-order valence-electron chi connectivity index (χ1n) is 13.7. The molecule has 0 saturated carbocycles. The molecule has 0 aliphatic heterocycles. The second-order valence-electron chi connectivity index (χ2n) is 7.72. The molecule has 0 amide bonds. The van der Waals surface area contributed by atoms with Gasteiger partial charge in [-0.1, -0.05) is 5.92 Å². The van der Waals surface area contributed by atoms with Gasteiger partial charge in [-0.15, -0.1) is 6.42 Å². The van der Waals surface area contributed by atoms with Gasteiger partial charge in [0.05, 0.1) is 139 Å². The molecule has 0 aromatic heterocycles. The predicted molar refractivity (Wildman–Crippen MR) is 144 cm³/mol. The Morgan fingerprint density at radius 3 is 0.800 bits per heavy atom. The lowest BCUT2D eigenvalue weighted by molar-refractivity contribution is -0.142. The fraction of sp³-hybridized carbons (Fsp3) is 0.889. The third-order valence-electron chi connectivity index (χ3n) is 4.44. The van der Waals surface area contributed by atoms with Crippen LogP contribution in [-0.4, -0.2) is 158 Å². The molecule has 40 heavy (non-hydrogen) atoms. The van der Waals surface area contributed by atoms with Crippen molar-refractivity contribution in [2.24, 2.45) is 0 Å². The molecule has 0 unspecified atom stereocenters. The van der Waals surface area contributed by atoms with E-state index in [-0.39, 0.29) is 12.6 Å². The van der Waals surface area contributed by atoms with E-state index in [9.17, 15) is 4.79 Å². The van der Waals surface area contributed by atoms with Gasteiger partial charge >= 0.3 is 5.97 Å². The quantitative estimate of drug-likeness (QED) is 0.0589. The molecule has 0 aromatic rings. The molecule has 0 bridgehead atoms. The number of ether oxygens (including phenoxy) is 12. The summed E-state index contributed by atoms with van der Waals surface area (Å²) in [5.41, 5.74) is 0. The van der Waals surface area contributed by atoms with Crippen LogP contribution in [0.3, 0.4) is 0 Å². The predicted octanol–water partition coefficient (Wildman–Crippen LogP) is 0.365. The molecule has 0 aliphatic carbocycles. The summed E-state index contributed by atoms with van der Waals surface area (Å²) in [6.45, 7) is 12.2. The molecule has 0 spiro atoms. The fourth-order valence-electron chi connectivity index (χ4n) is 2.57. The third-order valence-corrected chi connectivity index (χ3v) is 4.44. The third kappa shape index (κ3) is 36.6. The zero-order chi connectivity index (χ0) is 29.0. The molecule has 0 atom stereocenters. The number of hydrogen-bond acceptors (Lipinski definition) is 13. The summed E-state index contributed by atoms with van der Waals surface area (Å²) in [4.78, 5) is 10.6. The van der Waals surface area contributed by atoms with Crippen LogP contribution < -0.4 is 0 Å². The van der Waals surface area contributed by atoms with Crippen molar-refractivity contribution >= 4 is 5.97 Å². The summed E-state index contributed by atoms with van der Waals surface area (Å²) in [5, 5.41) is 0. The van der Waals surface area contributed by atoms with Crippen LogP contribution in [-0.2, 0) is 61.6 Å². The lowest BCUT2D eigenvalue weighted by Crippen LogP contribution is -2.15. The minimum atomic E-state index is -0.312. The largest absolute Gasteiger partial charge is 0.463 e. The van der Waals surface area contributed by atoms with Gasteiger partial charge in [0, 0.05) is 6.92 Å². The van der Waals surface area contributed by atoms with Crippen LogP contribution in [0.15, 0.2) is 0 Å². The van der Waals surface area contributed by atoms with Gasteiger partial charge in [0.2, 0.25) is 0 Å². The highest BCUT2D eigenvalue weighted by atomic mass is 16.6. The summed E-state index contributed by atoms with van der Waals surface area (Å²) >= 11 is 0. The van der Waals surface area contributed by atoms with Crippen molar-refractivity contribution in [1.29, 1.82) is 0 Å². The van der Waals surface area contributed by atoms with Crippen molar-refractivity contribution < 1.29 is 61.6 Å². The Balaban J connectivity index is 3.03. The van der Waals surface area contributed by atoms with Crippen molar-refractivity contribution in [2.45, 2.75) is 6.92 Å². The van der Waals surface area contributed by atoms with Crippen LogP contribution in [0.2, 0.25) is 0 Å². The van der Waals surface area contributed by atoms with Gasteiger partial charge in [0.15, 0.2) is 0 Å². The van der Waals surface area contributed by atoms with Crippen LogP contribution in [0.25, 0.3) is 0 Å². The molecule has 0 fully saturated rings. The van der Waals surface area contributed by atoms with Gasteiger partial charge in [0.25, 0.3) is 0 Å². The van der Waals surface area contributed by atoms with Crippen molar-refractivity contribution in [2.75, 3.05) is 152 Å². The highest BCUT2D eigenvalue weighted by Gasteiger charge is 1.97. The number of hydrogen-bond donors (Lipinski definition) is 0. The Morgan fingerprint density at radius 2 is 0.600 bits per heavy atom. The smallest absolute Gasteiger partial charge is 0.302 e. The SMILES string of the molecule is C#CCOCCOCCOCCOCCOCCOCCOCCOCCOCCOCCOCCOC(C)=O. The minimum Gasteiger partial charge on any atom is -0.463 e. The molecule has 0 radical (unpaired) electrons. The number of terminal acetylenes is 1. The van der Waals surface area contributed by atoms with E-state index in [0.29, 0.717) is 145 Å². The first-order valence-corrected chi connectivity index (χ1v) is 13.7. The van der Waals surface area contributed by atoms with Gasteiger partial charge in [-0.3, -0.25) is 4.79 Å². The van der Waals surface area contributed by atoms with Crippen molar-refractivity contribution in [3.63, 3.8) is 0 Å². The maximum Gasteiger partial charge on any atom is 0.302 e. The first-order chi connectivity index (χ1) is 19.8. The Kier molecular flexibility index (Phi) is 34.4. The van der Waals surface area contributed by atoms with E-state index in [1.54, 1.807) is 0 Å². The first kappa shape index (κ1) is 38.6. The van der Waals surface area contributed by atoms with E-state index in [2.05, 4.69) is 5.92 Å². The van der Waals surface area contributed by atoms with Crippen LogP contribution in [0.4, 0.5) is 0 Å². The molecule has 0 N–H and O–H groups in total. The highest BCUT2D eigenvalue weighted by Crippen LogP contribution is 1.87. The summed E-state index contributed by atoms with van der Waals surface area (Å²) in [7, 11) is 0. The average Bonchev–Trinajstić information content (AvgIpc) is 2.95. The molecule has 236 valence electrons. The Labute approximate surface area is 239 Å². The second-order valence-corrected chi connectivity index (χ2v) is 7.72. The number of rotatable bonds is 34. The summed E-state index contributed by atoms with van der Waals surface area (Å²) in [6, 6.07) is 0. The van der Waals surface area contributed by atoms with E-state index < -0.39 is 0 Å². The zero-order valence-corrected chi connectivity index (χ0v) is 24.1. The maximum atomic E-state index is 10.6. The molecule has 0 heterocycles. The molecular weight excluding hydrogens is 532 g/mol. The van der Waals surface area contributed by atoms with E-state index in [1.807, 2.05) is 0 Å². The van der Waals surface area contributed by atoms with Gasteiger partial charge < -0.3 is 56.8 Å². The molecular formula is C27H50O13. The number of carbonyl (C=O) groups is 1. The van der Waals surface area contributed by atoms with Crippen molar-refractivity contribution in [3.8, 4) is 12.3 Å². The van der Waals surface area contributed by atoms with Crippen LogP contribution in [0, 0.1) is 12.3 Å². The zero-order valence-electron chi connectivity index (χ0n) is 24.1. The van der Waals surface area contributed by atoms with Gasteiger partial charge in [-0.25, -0.2) is 0 Å². The Morgan fingerprint density at radius 1 is 0.400 bits per heavy atom. The van der Waals surface area contributed by atoms with E-state index in [0.717, 1.165) is 0 Å². The normalized spacial score (nSPS) is 11.1. The molecule has 13 heteroatoms. The van der Waals surface area contributed by atoms with Gasteiger partial charge in [-0.2, -0.15) is 0 Å². The molecule has 13 nitrogen and oxygen atoms in total. The molecule has 0 rings (SSSR count). The lowest BCUT2D eigenvalue weighted by Gasteiger charge is -2.09. The van der Waals surface area contributed by atoms with E-state index >= 15 is 0 Å². The fourth-order valence-corrected chi connectivity index (χ4v) is 2.57. The van der Waals surface area contributed by atoms with Crippen LogP contribution in [0.1, 0.15) is 6.92 Å². The summed E-state index contributed by atoms with van der Waals surface area (Å²) in [6.07, 6.45) is 5.07. The summed E-state index contributed by atoms with van der Waals surface area (Å²) < 4.78 is 63.8. The van der Waals surface area contributed by atoms with Crippen LogP contribution in [0.5, 0.6) is 0 Å². The van der Waals surface area contributed by atoms with Crippen LogP contribution >= 0.6 is 0 Å². The van der Waals surface area contributed by atoms with Gasteiger partial charge in [0.1, 0.15) is 13.2 Å². The number of carbonyl (C=O) groups excluding carboxylic acids is 1. The Bertz CT molecular complexity index is 545. The standard InChI is InChI=1S/C27H50O13/c1-3-4-29-5-6-30-7-8-31-9-10-32-11-12-33-13-14-34-15-16-35-17-18-36-19-20-37-21-22-38-23-24-39-25-26-40-27(2)28/h1H,4-26H2,2H3. The summed E-state index contributed by atoms with van der Waals surface area (Å²) in [5.74, 6) is 2.08. The lowest BCUT2D eigenvalue weighted by atomic mass is 10.6. The average molecular weight is 583 g/mol. The molecule has 0 saturated heterocycles. The van der Waals surface area contributed by atoms with E-state index in [4.69, 9.17) is 63.3 Å². The maximum absolute atomic E-state index is 10.6. The minimum absolute atomic E-state index is 0.258. The second kappa shape index (κ2) is 35.6. The monoisotopic (exact) mass is 582 g/mol. The van der Waals surface area contributed by atoms with Crippen molar-refractivity contribution in [3.05, 3.63) is 0 Å². The van der Waals surface area contributed by atoms with Gasteiger partial charge in [-0.05, 0) is 0 Å². The molecule has 0 aromatic carbocycles. The molecule has 0 aliphatic rings. The topological polar surface area (TPSA) is 128 Å². The Hall–Kier alpha value is -1.41. The highest BCUT2D eigenvalue weighted by molar-refractivity contribution is 5.65. The van der Waals surface area contributed by atoms with E-state index in [1.165, 1.54) is 6.92 Å². The van der Waals surface area contributed by atoms with Crippen molar-refractivity contribution in [1.82, 2.24) is 0 Å². The number of esters is 1.